The van der Waals surface area contributed by atoms with E-state index in [4.69, 9.17) is 0 Å². The largest absolute Gasteiger partial charge is 0.481 e. The average Bonchev–Trinajstić information content (AvgIpc) is 4.05. The number of carboxylic acid groups (broad SMARTS) is 1. The highest BCUT2D eigenvalue weighted by atomic mass is 32.1. The maximum Gasteiger partial charge on any atom is 0.306 e. The van der Waals surface area contributed by atoms with Crippen LogP contribution >= 0.6 is 45.7 Å². The third-order valence-corrected chi connectivity index (χ3v) is 14.6. The lowest BCUT2D eigenvalue weighted by Gasteiger charge is -2.27. The van der Waals surface area contributed by atoms with E-state index < -0.39 is 5.97 Å². The number of thiophene rings is 2. The molecule has 2 aliphatic carbocycles. The van der Waals surface area contributed by atoms with Gasteiger partial charge in [-0.2, -0.15) is 0 Å². The van der Waals surface area contributed by atoms with Gasteiger partial charge in [0.1, 0.15) is 45.0 Å². The van der Waals surface area contributed by atoms with Gasteiger partial charge in [-0.1, -0.05) is 8.98 Å². The number of anilines is 4. The smallest absolute Gasteiger partial charge is 0.306 e. The molecular weight excluding hydrogens is 825 g/mol. The maximum absolute atomic E-state index is 13.1. The Hall–Kier alpha value is -5.34. The van der Waals surface area contributed by atoms with Gasteiger partial charge in [0.2, 0.25) is 5.91 Å². The molecule has 3 N–H and O–H groups in total. The Morgan fingerprint density at radius 1 is 0.729 bits per heavy atom. The Labute approximate surface area is 354 Å². The molecule has 0 aliphatic heterocycles. The van der Waals surface area contributed by atoms with Crippen LogP contribution in [0.15, 0.2) is 49.1 Å². The molecular formula is C40H40N12O3S4. The number of carbonyl (C=O) groups excluding carboxylic acids is 1. The lowest BCUT2D eigenvalue weighted by molar-refractivity contribution is -0.142. The highest BCUT2D eigenvalue weighted by molar-refractivity contribution is 7.19. The number of fused-ring (bicyclic) bond motifs is 8. The first-order chi connectivity index (χ1) is 28.7. The van der Waals surface area contributed by atoms with Crippen molar-refractivity contribution in [1.82, 2.24) is 48.9 Å². The highest BCUT2D eigenvalue weighted by Gasteiger charge is 2.31. The first-order valence-corrected chi connectivity index (χ1v) is 22.5. The highest BCUT2D eigenvalue weighted by Crippen LogP contribution is 2.42. The fourth-order valence-corrected chi connectivity index (χ4v) is 11.6. The van der Waals surface area contributed by atoms with Gasteiger partial charge < -0.3 is 25.5 Å². The summed E-state index contributed by atoms with van der Waals surface area (Å²) in [4.78, 5) is 50.7. The first kappa shape index (κ1) is 39.1. The van der Waals surface area contributed by atoms with Crippen LogP contribution < -0.4 is 10.6 Å². The van der Waals surface area contributed by atoms with Gasteiger partial charge in [0.15, 0.2) is 0 Å². The van der Waals surface area contributed by atoms with Gasteiger partial charge in [-0.05, 0) is 136 Å². The Morgan fingerprint density at radius 2 is 1.25 bits per heavy atom. The van der Waals surface area contributed by atoms with Crippen LogP contribution in [0.1, 0.15) is 40.1 Å². The summed E-state index contributed by atoms with van der Waals surface area (Å²) in [6.45, 7) is 1.79. The predicted octanol–water partition coefficient (Wildman–Crippen LogP) is 7.58. The summed E-state index contributed by atoms with van der Waals surface area (Å²) >= 11 is 6.01. The van der Waals surface area contributed by atoms with E-state index in [-0.39, 0.29) is 17.7 Å². The van der Waals surface area contributed by atoms with Gasteiger partial charge >= 0.3 is 5.97 Å². The van der Waals surface area contributed by atoms with Gasteiger partial charge in [-0.25, -0.2) is 19.9 Å². The summed E-state index contributed by atoms with van der Waals surface area (Å²) < 4.78 is 10.0. The number of hydrogen-bond donors (Lipinski definition) is 3. The van der Waals surface area contributed by atoms with Gasteiger partial charge in [-0.3, -0.25) is 9.59 Å². The van der Waals surface area contributed by atoms with Crippen LogP contribution in [0.3, 0.4) is 0 Å². The number of aliphatic carboxylic acids is 1. The van der Waals surface area contributed by atoms with Crippen molar-refractivity contribution in [2.75, 3.05) is 44.9 Å². The standard InChI is InChI=1S/C23H27N7OS2.C17H13N5O2S2/c1-29(2)9-4-10-30(3)23(31)14-5-7-16-18(11-14)32-22-20(16)21(24-13-25-22)26-15-6-8-17-19(12-15)33-28-27-17;23-17(24)8-1-3-10-12(5-8)25-16-14(10)15(18-7-19-16)20-9-2-4-11-13(6-9)26-22-21-11/h6,8,12-14H,4-5,7,9-11H2,1-3H3,(H,24,25,26);2,4,6-8H,1,3,5H2,(H,23,24)(H,18,19,20)/t14-;8-/m00/s1. The lowest BCUT2D eigenvalue weighted by Crippen LogP contribution is -2.36. The first-order valence-electron chi connectivity index (χ1n) is 19.3. The van der Waals surface area contributed by atoms with E-state index in [0.29, 0.717) is 12.8 Å². The number of nitrogens with one attached hydrogen (secondary N) is 2. The SMILES string of the molecule is CN(C)CCCN(C)C(=O)[C@H]1CCc2c(sc3ncnc(Nc4ccc5nnsc5c4)c23)C1.O=C(O)[C@H]1CCc2c(sc3ncnc(Nc4ccc5nnsc5c4)c23)C1. The molecule has 0 saturated heterocycles. The minimum absolute atomic E-state index is 0.0422. The summed E-state index contributed by atoms with van der Waals surface area (Å²) in [6.07, 6.45) is 8.64. The van der Waals surface area contributed by atoms with Crippen molar-refractivity contribution in [2.45, 2.75) is 44.9 Å². The van der Waals surface area contributed by atoms with Crippen molar-refractivity contribution in [2.24, 2.45) is 11.8 Å². The molecule has 302 valence electrons. The molecule has 15 nitrogen and oxygen atoms in total. The topological polar surface area (TPSA) is 188 Å². The zero-order valence-corrected chi connectivity index (χ0v) is 35.8. The zero-order chi connectivity index (χ0) is 40.6. The second-order valence-electron chi connectivity index (χ2n) is 15.1. The van der Waals surface area contributed by atoms with Crippen molar-refractivity contribution < 1.29 is 14.7 Å². The second-order valence-corrected chi connectivity index (χ2v) is 18.8. The van der Waals surface area contributed by atoms with Crippen molar-refractivity contribution in [3.63, 3.8) is 0 Å². The number of carboxylic acids is 1. The number of rotatable bonds is 10. The van der Waals surface area contributed by atoms with Crippen molar-refractivity contribution >= 4 is 121 Å². The molecule has 6 heterocycles. The summed E-state index contributed by atoms with van der Waals surface area (Å²) in [7, 11) is 6.06. The van der Waals surface area contributed by atoms with Crippen LogP contribution in [-0.2, 0) is 35.3 Å². The fraction of sp³-hybridized carbons (Fsp3) is 0.350. The van der Waals surface area contributed by atoms with Crippen LogP contribution in [0, 0.1) is 11.8 Å². The van der Waals surface area contributed by atoms with E-state index in [2.05, 4.69) is 68.7 Å². The quantitative estimate of drug-likeness (QED) is 0.122. The van der Waals surface area contributed by atoms with Crippen LogP contribution in [0.25, 0.3) is 40.9 Å². The van der Waals surface area contributed by atoms with Crippen LogP contribution in [0.2, 0.25) is 0 Å². The van der Waals surface area contributed by atoms with Gasteiger partial charge in [0, 0.05) is 40.6 Å². The Bertz CT molecular complexity index is 2830. The fourth-order valence-electron chi connectivity index (χ4n) is 7.86. The predicted molar refractivity (Wildman–Crippen MR) is 236 cm³/mol. The molecule has 0 bridgehead atoms. The minimum Gasteiger partial charge on any atom is -0.481 e. The molecule has 0 spiro atoms. The van der Waals surface area contributed by atoms with Crippen molar-refractivity contribution in [3.8, 4) is 0 Å². The van der Waals surface area contributed by atoms with Gasteiger partial charge in [0.25, 0.3) is 0 Å². The van der Waals surface area contributed by atoms with E-state index in [0.717, 1.165) is 114 Å². The third kappa shape index (κ3) is 8.16. The van der Waals surface area contributed by atoms with Crippen LogP contribution in [-0.4, -0.2) is 100 Å². The molecule has 59 heavy (non-hydrogen) atoms. The number of aromatic nitrogens is 8. The zero-order valence-electron chi connectivity index (χ0n) is 32.5. The summed E-state index contributed by atoms with van der Waals surface area (Å²) in [5.74, 6) is 0.858. The molecule has 2 aromatic carbocycles. The monoisotopic (exact) mass is 864 g/mol. The third-order valence-electron chi connectivity index (χ3n) is 10.9. The van der Waals surface area contributed by atoms with E-state index in [1.165, 1.54) is 39.1 Å². The maximum atomic E-state index is 13.1. The molecule has 2 aliphatic rings. The Morgan fingerprint density at radius 3 is 1.78 bits per heavy atom. The Balaban J connectivity index is 0.000000156. The molecule has 6 aromatic heterocycles. The molecule has 0 saturated carbocycles. The van der Waals surface area contributed by atoms with Gasteiger partial charge in [-0.15, -0.1) is 32.9 Å². The lowest BCUT2D eigenvalue weighted by atomic mass is 9.87. The van der Waals surface area contributed by atoms with Gasteiger partial charge in [0.05, 0.1) is 26.1 Å². The number of benzene rings is 2. The van der Waals surface area contributed by atoms with Crippen LogP contribution in [0.5, 0.6) is 0 Å². The number of hydrogen-bond acceptors (Lipinski definition) is 17. The Kier molecular flexibility index (Phi) is 11.1. The molecule has 2 atom stereocenters. The number of nitrogens with zero attached hydrogens (tertiary/aromatic N) is 10. The van der Waals surface area contributed by atoms with Crippen molar-refractivity contribution in [3.05, 3.63) is 69.9 Å². The molecule has 0 fully saturated rings. The molecule has 10 rings (SSSR count). The normalized spacial score (nSPS) is 16.2. The molecule has 0 unspecified atom stereocenters. The second kappa shape index (κ2) is 16.7. The number of carbonyl (C=O) groups is 2. The summed E-state index contributed by atoms with van der Waals surface area (Å²) in [5.41, 5.74) is 6.12. The number of aryl methyl sites for hydroxylation is 2. The molecule has 8 aromatic rings. The van der Waals surface area contributed by atoms with E-state index in [1.807, 2.05) is 48.3 Å². The number of amides is 1. The summed E-state index contributed by atoms with van der Waals surface area (Å²) in [5, 5.41) is 26.4. The van der Waals surface area contributed by atoms with E-state index in [1.54, 1.807) is 35.3 Å². The van der Waals surface area contributed by atoms with E-state index in [9.17, 15) is 14.7 Å². The van der Waals surface area contributed by atoms with Crippen LogP contribution in [0.4, 0.5) is 23.0 Å². The minimum atomic E-state index is -0.719. The van der Waals surface area contributed by atoms with E-state index >= 15 is 0 Å². The average molecular weight is 865 g/mol. The molecule has 0 radical (unpaired) electrons. The summed E-state index contributed by atoms with van der Waals surface area (Å²) in [6, 6.07) is 11.9. The molecule has 19 heteroatoms. The molecule has 1 amide bonds. The van der Waals surface area contributed by atoms with Crippen molar-refractivity contribution in [1.29, 1.82) is 0 Å².